The van der Waals surface area contributed by atoms with Gasteiger partial charge < -0.3 is 0 Å². The standard InChI is InChI=1S/3C7H6Cl.Bi/c3*1-6-3-2-4-7(8)5-6;/h3*2,4-5H,1H3;. The topological polar surface area (TPSA) is 0 Å². The van der Waals surface area contributed by atoms with Gasteiger partial charge in [0, 0.05) is 0 Å². The Bertz CT molecular complexity index is 812. The molecule has 128 valence electrons. The van der Waals surface area contributed by atoms with Crippen LogP contribution in [0.5, 0.6) is 0 Å². The van der Waals surface area contributed by atoms with E-state index in [1.54, 1.807) is 0 Å². The van der Waals surface area contributed by atoms with Crippen LogP contribution in [0.2, 0.25) is 15.1 Å². The summed E-state index contributed by atoms with van der Waals surface area (Å²) in [5.41, 5.74) is 3.77. The molecule has 0 saturated heterocycles. The van der Waals surface area contributed by atoms with E-state index in [1.807, 2.05) is 18.2 Å². The molecule has 0 N–H and O–H groups in total. The van der Waals surface area contributed by atoms with Crippen LogP contribution < -0.4 is 9.81 Å². The van der Waals surface area contributed by atoms with Crippen molar-refractivity contribution in [3.8, 4) is 0 Å². The molecule has 0 saturated carbocycles. The summed E-state index contributed by atoms with van der Waals surface area (Å²) in [5, 5.41) is 2.35. The van der Waals surface area contributed by atoms with E-state index in [1.165, 1.54) is 26.5 Å². The van der Waals surface area contributed by atoms with Gasteiger partial charge in [0.15, 0.2) is 0 Å². The van der Waals surface area contributed by atoms with Gasteiger partial charge in [-0.05, 0) is 0 Å². The van der Waals surface area contributed by atoms with Crippen molar-refractivity contribution in [1.82, 2.24) is 0 Å². The van der Waals surface area contributed by atoms with Crippen molar-refractivity contribution in [2.24, 2.45) is 0 Å². The molecule has 0 nitrogen and oxygen atoms in total. The van der Waals surface area contributed by atoms with Crippen LogP contribution in [0.15, 0.2) is 54.6 Å². The predicted octanol–water partition coefficient (Wildman–Crippen LogP) is 5.09. The van der Waals surface area contributed by atoms with E-state index in [4.69, 9.17) is 34.8 Å². The molecule has 0 unspecified atom stereocenters. The minimum absolute atomic E-state index is 0.783. The zero-order valence-electron chi connectivity index (χ0n) is 14.3. The van der Waals surface area contributed by atoms with Gasteiger partial charge in [0.25, 0.3) is 0 Å². The molecule has 0 fully saturated rings. The summed E-state index contributed by atoms with van der Waals surface area (Å²) >= 11 is 16.1. The minimum atomic E-state index is -2.49. The van der Waals surface area contributed by atoms with Crippen LogP contribution in [0.3, 0.4) is 0 Å². The average molecular weight is 586 g/mol. The van der Waals surface area contributed by atoms with Crippen LogP contribution in [0.1, 0.15) is 16.7 Å². The van der Waals surface area contributed by atoms with Crippen molar-refractivity contribution in [2.45, 2.75) is 20.8 Å². The van der Waals surface area contributed by atoms with Gasteiger partial charge in [0.05, 0.1) is 0 Å². The number of halogens is 3. The molecule has 0 bridgehead atoms. The second-order valence-electron chi connectivity index (χ2n) is 6.13. The summed E-state index contributed by atoms with van der Waals surface area (Å²) in [7, 11) is 0. The first kappa shape index (κ1) is 19.2. The van der Waals surface area contributed by atoms with E-state index in [0.717, 1.165) is 15.1 Å². The van der Waals surface area contributed by atoms with Gasteiger partial charge in [0.1, 0.15) is 0 Å². The molecule has 3 aromatic carbocycles. The van der Waals surface area contributed by atoms with Gasteiger partial charge >= 0.3 is 173 Å². The van der Waals surface area contributed by atoms with E-state index in [0.29, 0.717) is 0 Å². The fourth-order valence-electron chi connectivity index (χ4n) is 3.00. The summed E-state index contributed by atoms with van der Waals surface area (Å²) in [6, 6.07) is 18.8. The van der Waals surface area contributed by atoms with Crippen molar-refractivity contribution in [3.63, 3.8) is 0 Å². The molecule has 0 heterocycles. The summed E-state index contributed by atoms with van der Waals surface area (Å²) in [6.45, 7) is 6.46. The molecule has 3 rings (SSSR count). The van der Waals surface area contributed by atoms with E-state index < -0.39 is 21.8 Å². The van der Waals surface area contributed by atoms with Gasteiger partial charge in [-0.15, -0.1) is 0 Å². The molecule has 0 radical (unpaired) electrons. The van der Waals surface area contributed by atoms with Gasteiger partial charge in [0.2, 0.25) is 0 Å². The third kappa shape index (κ3) is 4.22. The Balaban J connectivity index is 2.27. The summed E-state index contributed by atoms with van der Waals surface area (Å²) < 4.78 is 4.32. The van der Waals surface area contributed by atoms with Crippen molar-refractivity contribution < 1.29 is 0 Å². The van der Waals surface area contributed by atoms with Crippen LogP contribution in [0.25, 0.3) is 0 Å². The van der Waals surface area contributed by atoms with Crippen molar-refractivity contribution in [3.05, 3.63) is 86.4 Å². The summed E-state index contributed by atoms with van der Waals surface area (Å²) in [6.07, 6.45) is 0. The Morgan fingerprint density at radius 1 is 0.520 bits per heavy atom. The first-order chi connectivity index (χ1) is 11.9. The fraction of sp³-hybridized carbons (Fsp3) is 0.143. The molecule has 0 amide bonds. The molecule has 25 heavy (non-hydrogen) atoms. The quantitative estimate of drug-likeness (QED) is 0.376. The van der Waals surface area contributed by atoms with E-state index >= 15 is 0 Å². The second kappa shape index (κ2) is 7.97. The van der Waals surface area contributed by atoms with Crippen LogP contribution in [0.4, 0.5) is 0 Å². The number of hydrogen-bond acceptors (Lipinski definition) is 0. The van der Waals surface area contributed by atoms with E-state index in [9.17, 15) is 0 Å². The Kier molecular flexibility index (Phi) is 6.12. The molecule has 0 aromatic heterocycles. The third-order valence-electron chi connectivity index (χ3n) is 4.20. The van der Waals surface area contributed by atoms with Crippen molar-refractivity contribution in [1.29, 1.82) is 0 Å². The van der Waals surface area contributed by atoms with Gasteiger partial charge in [-0.1, -0.05) is 0 Å². The Labute approximate surface area is 172 Å². The Morgan fingerprint density at radius 2 is 0.800 bits per heavy atom. The summed E-state index contributed by atoms with van der Waals surface area (Å²) in [5.74, 6) is 0. The maximum atomic E-state index is 6.21. The Morgan fingerprint density at radius 3 is 1.04 bits per heavy atom. The van der Waals surface area contributed by atoms with Crippen LogP contribution in [0, 0.1) is 20.8 Å². The number of rotatable bonds is 3. The second-order valence-corrected chi connectivity index (χ2v) is 15.7. The van der Waals surface area contributed by atoms with Gasteiger partial charge in [-0.3, -0.25) is 0 Å². The van der Waals surface area contributed by atoms with E-state index in [2.05, 4.69) is 57.2 Å². The van der Waals surface area contributed by atoms with Gasteiger partial charge in [-0.2, -0.15) is 0 Å². The molecular weight excluding hydrogens is 568 g/mol. The number of aryl methyl sites for hydroxylation is 3. The van der Waals surface area contributed by atoms with Crippen LogP contribution in [-0.2, 0) is 0 Å². The normalized spacial score (nSPS) is 11.2. The van der Waals surface area contributed by atoms with Crippen LogP contribution >= 0.6 is 34.8 Å². The molecule has 0 spiro atoms. The summed E-state index contributed by atoms with van der Waals surface area (Å²) in [4.78, 5) is 0. The fourth-order valence-corrected chi connectivity index (χ4v) is 14.2. The number of benzene rings is 3. The zero-order chi connectivity index (χ0) is 18.1. The molecule has 0 aliphatic heterocycles. The van der Waals surface area contributed by atoms with Crippen molar-refractivity contribution in [2.75, 3.05) is 0 Å². The molecule has 0 aliphatic carbocycles. The molecular formula is C21H18BiCl3. The molecule has 3 aromatic rings. The molecule has 0 atom stereocenters. The first-order valence-electron chi connectivity index (χ1n) is 7.95. The first-order valence-corrected chi connectivity index (χ1v) is 14.3. The van der Waals surface area contributed by atoms with Crippen molar-refractivity contribution >= 4 is 66.4 Å². The third-order valence-corrected chi connectivity index (χ3v) is 16.4. The predicted molar refractivity (Wildman–Crippen MR) is 113 cm³/mol. The van der Waals surface area contributed by atoms with Crippen LogP contribution in [-0.4, -0.2) is 21.8 Å². The van der Waals surface area contributed by atoms with Gasteiger partial charge in [-0.25, -0.2) is 0 Å². The SMILES string of the molecule is Cc1cc(Cl)cc[c]1[Bi]([c]1ccc(Cl)cc1C)[c]1ccc(Cl)cc1C. The van der Waals surface area contributed by atoms with E-state index in [-0.39, 0.29) is 0 Å². The maximum absolute atomic E-state index is 6.21. The molecule has 0 aliphatic rings. The zero-order valence-corrected chi connectivity index (χ0v) is 20.0. The average Bonchev–Trinajstić information content (AvgIpc) is 2.52. The molecule has 4 heteroatoms. The Hall–Kier alpha value is -0.587. The monoisotopic (exact) mass is 584 g/mol. The number of hydrogen-bond donors (Lipinski definition) is 0.